The molecular formula is C22H33N3O3. The summed E-state index contributed by atoms with van der Waals surface area (Å²) in [4.78, 5) is 17.3. The summed E-state index contributed by atoms with van der Waals surface area (Å²) < 4.78 is 11.3. The molecule has 1 heterocycles. The SMILES string of the molecule is CCCCCCN(CCN1CCOCC1)C(=O)[C@H](C)Oc1ccccc1C#N. The van der Waals surface area contributed by atoms with E-state index in [9.17, 15) is 10.1 Å². The zero-order valence-electron chi connectivity index (χ0n) is 17.2. The van der Waals surface area contributed by atoms with E-state index in [0.29, 0.717) is 17.9 Å². The van der Waals surface area contributed by atoms with E-state index < -0.39 is 6.10 Å². The van der Waals surface area contributed by atoms with Crippen molar-refractivity contribution in [3.63, 3.8) is 0 Å². The first-order chi connectivity index (χ1) is 13.7. The second kappa shape index (κ2) is 12.4. The number of benzene rings is 1. The monoisotopic (exact) mass is 387 g/mol. The number of para-hydroxylation sites is 1. The molecule has 2 rings (SSSR count). The van der Waals surface area contributed by atoms with Gasteiger partial charge in [-0.15, -0.1) is 0 Å². The van der Waals surface area contributed by atoms with Crippen molar-refractivity contribution in [3.05, 3.63) is 29.8 Å². The van der Waals surface area contributed by atoms with Gasteiger partial charge in [-0.05, 0) is 25.5 Å². The van der Waals surface area contributed by atoms with Gasteiger partial charge in [0.2, 0.25) is 0 Å². The molecule has 6 nitrogen and oxygen atoms in total. The number of ether oxygens (including phenoxy) is 2. The van der Waals surface area contributed by atoms with E-state index in [1.54, 1.807) is 25.1 Å². The molecule has 28 heavy (non-hydrogen) atoms. The minimum atomic E-state index is -0.620. The van der Waals surface area contributed by atoms with Crippen LogP contribution >= 0.6 is 0 Å². The zero-order chi connectivity index (χ0) is 20.2. The molecule has 1 fully saturated rings. The van der Waals surface area contributed by atoms with Crippen molar-refractivity contribution < 1.29 is 14.3 Å². The number of hydrogen-bond acceptors (Lipinski definition) is 5. The normalized spacial score (nSPS) is 15.6. The Labute approximate surface area is 169 Å². The number of unbranched alkanes of at least 4 members (excludes halogenated alkanes) is 3. The average Bonchev–Trinajstić information content (AvgIpc) is 2.74. The highest BCUT2D eigenvalue weighted by molar-refractivity contribution is 5.81. The molecule has 0 aromatic heterocycles. The van der Waals surface area contributed by atoms with Crippen LogP contribution in [0.15, 0.2) is 24.3 Å². The van der Waals surface area contributed by atoms with Crippen molar-refractivity contribution in [2.75, 3.05) is 45.9 Å². The number of hydrogen-bond donors (Lipinski definition) is 0. The maximum atomic E-state index is 13.1. The van der Waals surface area contributed by atoms with Crippen molar-refractivity contribution in [1.29, 1.82) is 5.26 Å². The van der Waals surface area contributed by atoms with Gasteiger partial charge in [0.1, 0.15) is 11.8 Å². The van der Waals surface area contributed by atoms with E-state index in [4.69, 9.17) is 9.47 Å². The largest absolute Gasteiger partial charge is 0.480 e. The van der Waals surface area contributed by atoms with Gasteiger partial charge in [0.05, 0.1) is 18.8 Å². The molecular weight excluding hydrogens is 354 g/mol. The number of nitriles is 1. The van der Waals surface area contributed by atoms with Crippen LogP contribution in [0.3, 0.4) is 0 Å². The average molecular weight is 388 g/mol. The summed E-state index contributed by atoms with van der Waals surface area (Å²) in [5.74, 6) is 0.447. The molecule has 1 aliphatic heterocycles. The van der Waals surface area contributed by atoms with Crippen LogP contribution in [0.25, 0.3) is 0 Å². The fraction of sp³-hybridized carbons (Fsp3) is 0.636. The van der Waals surface area contributed by atoms with Gasteiger partial charge in [-0.25, -0.2) is 0 Å². The fourth-order valence-electron chi connectivity index (χ4n) is 3.31. The van der Waals surface area contributed by atoms with E-state index >= 15 is 0 Å². The summed E-state index contributed by atoms with van der Waals surface area (Å²) >= 11 is 0. The molecule has 1 atom stereocenters. The highest BCUT2D eigenvalue weighted by Crippen LogP contribution is 2.19. The molecule has 6 heteroatoms. The van der Waals surface area contributed by atoms with Crippen molar-refractivity contribution in [3.8, 4) is 11.8 Å². The summed E-state index contributed by atoms with van der Waals surface area (Å²) in [7, 11) is 0. The third-order valence-corrected chi connectivity index (χ3v) is 5.04. The van der Waals surface area contributed by atoms with E-state index in [-0.39, 0.29) is 5.91 Å². The topological polar surface area (TPSA) is 65.8 Å². The molecule has 0 spiro atoms. The molecule has 1 aliphatic rings. The third kappa shape index (κ3) is 7.14. The number of amides is 1. The first-order valence-electron chi connectivity index (χ1n) is 10.4. The molecule has 1 amide bonds. The van der Waals surface area contributed by atoms with Crippen LogP contribution in [0.5, 0.6) is 5.75 Å². The Morgan fingerprint density at radius 1 is 1.25 bits per heavy atom. The van der Waals surface area contributed by atoms with Crippen LogP contribution in [0.1, 0.15) is 45.1 Å². The maximum absolute atomic E-state index is 13.1. The molecule has 0 bridgehead atoms. The van der Waals surface area contributed by atoms with E-state index in [0.717, 1.165) is 52.2 Å². The van der Waals surface area contributed by atoms with Crippen LogP contribution in [0, 0.1) is 11.3 Å². The number of rotatable bonds is 11. The molecule has 0 unspecified atom stereocenters. The van der Waals surface area contributed by atoms with Gasteiger partial charge in [0.25, 0.3) is 5.91 Å². The van der Waals surface area contributed by atoms with E-state index in [1.165, 1.54) is 12.8 Å². The highest BCUT2D eigenvalue weighted by atomic mass is 16.5. The molecule has 1 aromatic carbocycles. The second-order valence-electron chi connectivity index (χ2n) is 7.21. The van der Waals surface area contributed by atoms with Gasteiger partial charge >= 0.3 is 0 Å². The quantitative estimate of drug-likeness (QED) is 0.546. The lowest BCUT2D eigenvalue weighted by Gasteiger charge is -2.31. The van der Waals surface area contributed by atoms with Gasteiger partial charge in [-0.3, -0.25) is 9.69 Å². The Morgan fingerprint density at radius 2 is 2.00 bits per heavy atom. The Morgan fingerprint density at radius 3 is 2.71 bits per heavy atom. The van der Waals surface area contributed by atoms with Crippen LogP contribution in [-0.4, -0.2) is 67.7 Å². The molecule has 1 aromatic rings. The molecule has 0 aliphatic carbocycles. The van der Waals surface area contributed by atoms with Gasteiger partial charge in [0, 0.05) is 32.7 Å². The number of nitrogens with zero attached hydrogens (tertiary/aromatic N) is 3. The lowest BCUT2D eigenvalue weighted by Crippen LogP contribution is -2.46. The van der Waals surface area contributed by atoms with Gasteiger partial charge < -0.3 is 14.4 Å². The lowest BCUT2D eigenvalue weighted by molar-refractivity contribution is -0.138. The van der Waals surface area contributed by atoms with Crippen molar-refractivity contribution in [1.82, 2.24) is 9.80 Å². The molecule has 0 saturated carbocycles. The first kappa shape index (κ1) is 22.2. The van der Waals surface area contributed by atoms with Gasteiger partial charge in [-0.2, -0.15) is 5.26 Å². The van der Waals surface area contributed by atoms with Crippen LogP contribution in [-0.2, 0) is 9.53 Å². The summed E-state index contributed by atoms with van der Waals surface area (Å²) in [6, 6.07) is 9.16. The first-order valence-corrected chi connectivity index (χ1v) is 10.4. The van der Waals surface area contributed by atoms with Crippen LogP contribution in [0.2, 0.25) is 0 Å². The van der Waals surface area contributed by atoms with Crippen molar-refractivity contribution >= 4 is 5.91 Å². The van der Waals surface area contributed by atoms with Crippen LogP contribution in [0.4, 0.5) is 0 Å². The van der Waals surface area contributed by atoms with E-state index in [2.05, 4.69) is 17.9 Å². The molecule has 154 valence electrons. The second-order valence-corrected chi connectivity index (χ2v) is 7.21. The maximum Gasteiger partial charge on any atom is 0.263 e. The number of carbonyl (C=O) groups excluding carboxylic acids is 1. The summed E-state index contributed by atoms with van der Waals surface area (Å²) in [5, 5.41) is 9.23. The minimum Gasteiger partial charge on any atom is -0.480 e. The van der Waals surface area contributed by atoms with Crippen molar-refractivity contribution in [2.45, 2.75) is 45.6 Å². The number of carbonyl (C=O) groups is 1. The zero-order valence-corrected chi connectivity index (χ0v) is 17.2. The van der Waals surface area contributed by atoms with Crippen LogP contribution < -0.4 is 4.74 Å². The van der Waals surface area contributed by atoms with Gasteiger partial charge in [0.15, 0.2) is 6.10 Å². The van der Waals surface area contributed by atoms with E-state index in [1.807, 2.05) is 11.0 Å². The predicted octanol–water partition coefficient (Wildman–Crippen LogP) is 3.07. The Bertz CT molecular complexity index is 638. The third-order valence-electron chi connectivity index (χ3n) is 5.04. The minimum absolute atomic E-state index is 0.0162. The van der Waals surface area contributed by atoms with Gasteiger partial charge in [-0.1, -0.05) is 38.3 Å². The summed E-state index contributed by atoms with van der Waals surface area (Å²) in [6.45, 7) is 9.59. The highest BCUT2D eigenvalue weighted by Gasteiger charge is 2.23. The standard InChI is InChI=1S/C22H33N3O3/c1-3-4-5-8-11-25(13-12-24-14-16-27-17-15-24)22(26)19(2)28-21-10-7-6-9-20(21)18-23/h6-7,9-10,19H,3-5,8,11-17H2,1-2H3/t19-/m0/s1. The van der Waals surface area contributed by atoms with Crippen molar-refractivity contribution in [2.24, 2.45) is 0 Å². The fourth-order valence-corrected chi connectivity index (χ4v) is 3.31. The Hall–Kier alpha value is -2.10. The number of morpholine rings is 1. The Kier molecular flexibility index (Phi) is 9.81. The molecule has 0 radical (unpaired) electrons. The predicted molar refractivity (Wildman–Crippen MR) is 109 cm³/mol. The molecule has 0 N–H and O–H groups in total. The summed E-state index contributed by atoms with van der Waals surface area (Å²) in [5.41, 5.74) is 0.449. The summed E-state index contributed by atoms with van der Waals surface area (Å²) in [6.07, 6.45) is 3.87. The molecule has 1 saturated heterocycles. The Balaban J connectivity index is 1.95. The smallest absolute Gasteiger partial charge is 0.263 e. The lowest BCUT2D eigenvalue weighted by atomic mass is 10.2.